The number of aryl methyl sites for hydroxylation is 1. The Hall–Kier alpha value is -4.86. The van der Waals surface area contributed by atoms with Gasteiger partial charge in [0, 0.05) is 56.8 Å². The lowest BCUT2D eigenvalue weighted by Crippen LogP contribution is -2.56. The third kappa shape index (κ3) is 6.18. The second-order valence-corrected chi connectivity index (χ2v) is 11.6. The molecule has 6 rings (SSSR count). The van der Waals surface area contributed by atoms with Crippen LogP contribution in [0.5, 0.6) is 0 Å². The van der Waals surface area contributed by atoms with Crippen LogP contribution in [0.15, 0.2) is 72.9 Å². The quantitative estimate of drug-likeness (QED) is 0.296. The molecule has 1 fully saturated rings. The van der Waals surface area contributed by atoms with Crippen molar-refractivity contribution in [2.45, 2.75) is 51.4 Å². The molecule has 10 nitrogen and oxygen atoms in total. The minimum atomic E-state index is -0.743. The van der Waals surface area contributed by atoms with Crippen molar-refractivity contribution in [3.8, 4) is 0 Å². The first kappa shape index (κ1) is 28.3. The molecule has 5 amide bonds. The van der Waals surface area contributed by atoms with Gasteiger partial charge in [0.05, 0.1) is 11.7 Å². The molecule has 4 aromatic rings. The molecule has 2 aliphatic heterocycles. The van der Waals surface area contributed by atoms with Gasteiger partial charge in [-0.15, -0.1) is 0 Å². The van der Waals surface area contributed by atoms with Crippen LogP contribution in [0.2, 0.25) is 0 Å². The number of H-pyrrole nitrogens is 1. The number of urea groups is 2. The van der Waals surface area contributed by atoms with Crippen LogP contribution in [0.3, 0.4) is 0 Å². The lowest BCUT2D eigenvalue weighted by molar-refractivity contribution is -0.132. The number of nitrogens with one attached hydrogen (secondary N) is 3. The number of hydrogen-bond acceptors (Lipinski definition) is 4. The summed E-state index contributed by atoms with van der Waals surface area (Å²) in [4.78, 5) is 45.5. The number of aromatic amines is 1. The number of hydrogen-bond donors (Lipinski definition) is 3. The number of para-hydroxylation sites is 1. The summed E-state index contributed by atoms with van der Waals surface area (Å²) < 4.78 is 0. The molecule has 1 saturated heterocycles. The molecule has 2 aliphatic rings. The van der Waals surface area contributed by atoms with E-state index in [9.17, 15) is 14.4 Å². The molecular weight excluding hydrogens is 542 g/mol. The van der Waals surface area contributed by atoms with Crippen LogP contribution in [0.25, 0.3) is 10.9 Å². The highest BCUT2D eigenvalue weighted by Gasteiger charge is 2.34. The molecule has 0 bridgehead atoms. The van der Waals surface area contributed by atoms with Gasteiger partial charge in [0.1, 0.15) is 6.04 Å². The maximum absolute atomic E-state index is 13.8. The van der Waals surface area contributed by atoms with Gasteiger partial charge in [0.2, 0.25) is 5.91 Å². The summed E-state index contributed by atoms with van der Waals surface area (Å²) >= 11 is 0. The summed E-state index contributed by atoms with van der Waals surface area (Å²) in [5, 5.41) is 14.2. The van der Waals surface area contributed by atoms with Gasteiger partial charge >= 0.3 is 12.1 Å². The number of benzene rings is 3. The molecule has 0 radical (unpaired) electrons. The number of anilines is 1. The van der Waals surface area contributed by atoms with E-state index < -0.39 is 6.04 Å². The highest BCUT2D eigenvalue weighted by molar-refractivity contribution is 5.92. The number of nitrogens with zero attached hydrogens (tertiary/aromatic N) is 4. The maximum Gasteiger partial charge on any atom is 0.322 e. The van der Waals surface area contributed by atoms with Crippen molar-refractivity contribution in [2.75, 3.05) is 25.5 Å². The number of aromatic nitrogens is 2. The highest BCUT2D eigenvalue weighted by Crippen LogP contribution is 2.28. The van der Waals surface area contributed by atoms with Crippen molar-refractivity contribution in [3.63, 3.8) is 0 Å². The van der Waals surface area contributed by atoms with Crippen molar-refractivity contribution in [2.24, 2.45) is 0 Å². The van der Waals surface area contributed by atoms with Crippen molar-refractivity contribution < 1.29 is 14.4 Å². The summed E-state index contributed by atoms with van der Waals surface area (Å²) in [5.74, 6) is -0.152. The molecule has 3 heterocycles. The molecule has 43 heavy (non-hydrogen) atoms. The largest absolute Gasteiger partial charge is 0.340 e. The number of amides is 5. The van der Waals surface area contributed by atoms with E-state index in [1.54, 1.807) is 23.0 Å². The SMILES string of the molecule is Cc1cc(C[C@@H](NC(=O)N2CCC(N3Cc4ccccc4NC3=O)CC2)C(=O)N(C)Cc2ccccc2)cc2cn[nH]c12. The molecule has 1 atom stereocenters. The number of carbonyl (C=O) groups is 3. The molecule has 3 aromatic carbocycles. The van der Waals surface area contributed by atoms with E-state index in [1.165, 1.54) is 0 Å². The third-order valence-corrected chi connectivity index (χ3v) is 8.53. The van der Waals surface area contributed by atoms with Gasteiger partial charge in [-0.25, -0.2) is 9.59 Å². The Morgan fingerprint density at radius 2 is 1.79 bits per heavy atom. The molecule has 1 aromatic heterocycles. The first-order valence-corrected chi connectivity index (χ1v) is 14.8. The zero-order chi connectivity index (χ0) is 29.9. The van der Waals surface area contributed by atoms with Crippen molar-refractivity contribution >= 4 is 34.6 Å². The van der Waals surface area contributed by atoms with E-state index in [2.05, 4.69) is 20.8 Å². The predicted molar refractivity (Wildman–Crippen MR) is 165 cm³/mol. The molecule has 0 spiro atoms. The molecule has 0 saturated carbocycles. The van der Waals surface area contributed by atoms with Crippen LogP contribution in [0.4, 0.5) is 15.3 Å². The molecule has 0 aliphatic carbocycles. The molecule has 222 valence electrons. The summed E-state index contributed by atoms with van der Waals surface area (Å²) in [5.41, 5.74) is 5.92. The van der Waals surface area contributed by atoms with Gasteiger partial charge in [0.15, 0.2) is 0 Å². The zero-order valence-electron chi connectivity index (χ0n) is 24.5. The maximum atomic E-state index is 13.8. The Balaban J connectivity index is 1.13. The number of likely N-dealkylation sites (tertiary alicyclic amines) is 1. The third-order valence-electron chi connectivity index (χ3n) is 8.53. The van der Waals surface area contributed by atoms with E-state index in [4.69, 9.17) is 0 Å². The number of likely N-dealkylation sites (N-methyl/N-ethyl adjacent to an activating group) is 1. The summed E-state index contributed by atoms with van der Waals surface area (Å²) in [6.45, 7) is 4.01. The van der Waals surface area contributed by atoms with E-state index in [0.717, 1.165) is 38.8 Å². The number of carbonyl (C=O) groups excluding carboxylic acids is 3. The monoisotopic (exact) mass is 579 g/mol. The number of fused-ring (bicyclic) bond motifs is 2. The Kier molecular flexibility index (Phi) is 8.00. The average Bonchev–Trinajstić information content (AvgIpc) is 3.50. The number of piperidine rings is 1. The first-order valence-electron chi connectivity index (χ1n) is 14.8. The van der Waals surface area contributed by atoms with Crippen LogP contribution in [-0.2, 0) is 24.3 Å². The van der Waals surface area contributed by atoms with Gasteiger partial charge in [0.25, 0.3) is 0 Å². The van der Waals surface area contributed by atoms with Gasteiger partial charge in [-0.3, -0.25) is 9.89 Å². The van der Waals surface area contributed by atoms with Gasteiger partial charge in [-0.2, -0.15) is 5.10 Å². The molecular formula is C33H37N7O3. The predicted octanol–water partition coefficient (Wildman–Crippen LogP) is 4.66. The summed E-state index contributed by atoms with van der Waals surface area (Å²) in [6.07, 6.45) is 3.47. The Morgan fingerprint density at radius 3 is 2.58 bits per heavy atom. The van der Waals surface area contributed by atoms with Crippen LogP contribution in [0.1, 0.15) is 35.1 Å². The first-order chi connectivity index (χ1) is 20.9. The fraction of sp³-hybridized carbons (Fsp3) is 0.333. The zero-order valence-corrected chi connectivity index (χ0v) is 24.5. The van der Waals surface area contributed by atoms with Crippen molar-refractivity contribution in [1.29, 1.82) is 0 Å². The second-order valence-electron chi connectivity index (χ2n) is 11.6. The smallest absolute Gasteiger partial charge is 0.322 e. The normalized spacial score (nSPS) is 16.0. The van der Waals surface area contributed by atoms with E-state index in [-0.39, 0.29) is 24.0 Å². The van der Waals surface area contributed by atoms with Crippen molar-refractivity contribution in [3.05, 3.63) is 95.2 Å². The van der Waals surface area contributed by atoms with Crippen LogP contribution in [0, 0.1) is 6.92 Å². The molecule has 0 unspecified atom stereocenters. The fourth-order valence-electron chi connectivity index (χ4n) is 6.21. The molecule has 3 N–H and O–H groups in total. The Morgan fingerprint density at radius 1 is 1.05 bits per heavy atom. The second kappa shape index (κ2) is 12.2. The van der Waals surface area contributed by atoms with Gasteiger partial charge in [-0.1, -0.05) is 54.6 Å². The lowest BCUT2D eigenvalue weighted by Gasteiger charge is -2.40. The van der Waals surface area contributed by atoms with Crippen LogP contribution < -0.4 is 10.6 Å². The standard InChI is InChI=1S/C33H37N7O3/c1-22-16-24(17-26-19-34-37-30(22)26)18-29(31(41)38(2)20-23-8-4-3-5-9-23)36-32(42)39-14-12-27(13-15-39)40-21-25-10-6-7-11-28(25)35-33(40)43/h3-11,16-17,19,27,29H,12-15,18,20-21H2,1-2H3,(H,34,37)(H,35,43)(H,36,42)/t29-/m1/s1. The van der Waals surface area contributed by atoms with Crippen LogP contribution in [-0.4, -0.2) is 75.1 Å². The summed E-state index contributed by atoms with van der Waals surface area (Å²) in [6, 6.07) is 20.6. The van der Waals surface area contributed by atoms with E-state index in [0.29, 0.717) is 45.4 Å². The minimum Gasteiger partial charge on any atom is -0.340 e. The van der Waals surface area contributed by atoms with E-state index >= 15 is 0 Å². The fourth-order valence-corrected chi connectivity index (χ4v) is 6.21. The minimum absolute atomic E-state index is 0.0384. The van der Waals surface area contributed by atoms with Crippen molar-refractivity contribution in [1.82, 2.24) is 30.2 Å². The lowest BCUT2D eigenvalue weighted by atomic mass is 10.00. The average molecular weight is 580 g/mol. The van der Waals surface area contributed by atoms with E-state index in [1.807, 2.05) is 78.6 Å². The molecule has 10 heteroatoms. The van der Waals surface area contributed by atoms with Gasteiger partial charge < -0.3 is 25.3 Å². The van der Waals surface area contributed by atoms with Gasteiger partial charge in [-0.05, 0) is 54.2 Å². The number of rotatable bonds is 7. The highest BCUT2D eigenvalue weighted by atomic mass is 16.2. The topological polar surface area (TPSA) is 114 Å². The van der Waals surface area contributed by atoms with Crippen LogP contribution >= 0.6 is 0 Å². The summed E-state index contributed by atoms with van der Waals surface area (Å²) in [7, 11) is 1.77. The Bertz CT molecular complexity index is 1630. The Labute approximate surface area is 251 Å².